The molecule has 2 aromatic rings. The van der Waals surface area contributed by atoms with Gasteiger partial charge in [0.1, 0.15) is 5.54 Å². The number of aliphatic hydroxyl groups excluding tert-OH is 1. The molecule has 4 unspecified atom stereocenters. The lowest BCUT2D eigenvalue weighted by Crippen LogP contribution is -2.52. The summed E-state index contributed by atoms with van der Waals surface area (Å²) in [5.41, 5.74) is 9.14. The lowest BCUT2D eigenvalue weighted by Gasteiger charge is -2.30. The predicted octanol–water partition coefficient (Wildman–Crippen LogP) is -1.73. The van der Waals surface area contributed by atoms with Crippen molar-refractivity contribution in [2.45, 2.75) is 30.9 Å². The van der Waals surface area contributed by atoms with Gasteiger partial charge in [0.2, 0.25) is 5.95 Å². The SMILES string of the molecule is C#CC1(N)C(CO)[C@@H]([C@H](C)OP(=O)(O)OP(=O)(O)OP(=O)(O)O)O[C@H]1n1cnc2c(=O)[nH]c(N)nc21. The second-order valence-corrected chi connectivity index (χ2v) is 11.9. The number of fused-ring (bicyclic) bond motifs is 1. The van der Waals surface area contributed by atoms with Crippen LogP contribution in [0.15, 0.2) is 11.1 Å². The van der Waals surface area contributed by atoms with Gasteiger partial charge in [-0.15, -0.1) is 6.42 Å². The van der Waals surface area contributed by atoms with Crippen molar-refractivity contribution in [3.63, 3.8) is 0 Å². The Morgan fingerprint density at radius 2 is 1.94 bits per heavy atom. The highest BCUT2D eigenvalue weighted by Crippen LogP contribution is 2.66. The van der Waals surface area contributed by atoms with Crippen LogP contribution in [0.4, 0.5) is 5.95 Å². The van der Waals surface area contributed by atoms with E-state index < -0.39 is 65.5 Å². The van der Waals surface area contributed by atoms with E-state index in [0.29, 0.717) is 0 Å². The number of hydrogen-bond acceptors (Lipinski definition) is 13. The number of terminal acetylenes is 1. The molecular formula is C14H21N6O13P3. The van der Waals surface area contributed by atoms with Gasteiger partial charge < -0.3 is 40.9 Å². The summed E-state index contributed by atoms with van der Waals surface area (Å²) in [4.78, 5) is 58.7. The number of phosphoric ester groups is 1. The first-order valence-corrected chi connectivity index (χ1v) is 14.0. The van der Waals surface area contributed by atoms with Crippen molar-refractivity contribution in [3.05, 3.63) is 16.7 Å². The summed E-state index contributed by atoms with van der Waals surface area (Å²) >= 11 is 0. The number of imidazole rings is 1. The van der Waals surface area contributed by atoms with Crippen LogP contribution in [0.25, 0.3) is 11.2 Å². The van der Waals surface area contributed by atoms with Crippen LogP contribution in [0.3, 0.4) is 0 Å². The van der Waals surface area contributed by atoms with Crippen LogP contribution >= 0.6 is 23.5 Å². The monoisotopic (exact) mass is 574 g/mol. The summed E-state index contributed by atoms with van der Waals surface area (Å²) in [5.74, 6) is 0.787. The Balaban J connectivity index is 1.93. The van der Waals surface area contributed by atoms with Gasteiger partial charge in [-0.3, -0.25) is 18.9 Å². The summed E-state index contributed by atoms with van der Waals surface area (Å²) in [6.07, 6.45) is 2.38. The molecule has 1 saturated heterocycles. The van der Waals surface area contributed by atoms with E-state index in [1.165, 1.54) is 0 Å². The zero-order valence-electron chi connectivity index (χ0n) is 18.0. The average molecular weight is 574 g/mol. The molecule has 0 radical (unpaired) electrons. The smallest absolute Gasteiger partial charge is 0.396 e. The zero-order chi connectivity index (χ0) is 27.3. The minimum absolute atomic E-state index is 0.0933. The van der Waals surface area contributed by atoms with E-state index in [0.717, 1.165) is 17.8 Å². The Hall–Kier alpha value is -2.00. The van der Waals surface area contributed by atoms with Gasteiger partial charge in [0.05, 0.1) is 25.1 Å². The van der Waals surface area contributed by atoms with Crippen molar-refractivity contribution in [2.24, 2.45) is 11.7 Å². The molecule has 19 nitrogen and oxygen atoms in total. The summed E-state index contributed by atoms with van der Waals surface area (Å²) < 4.78 is 53.7. The maximum atomic E-state index is 12.2. The van der Waals surface area contributed by atoms with Crippen LogP contribution in [0, 0.1) is 18.3 Å². The van der Waals surface area contributed by atoms with Gasteiger partial charge >= 0.3 is 23.5 Å². The van der Waals surface area contributed by atoms with E-state index in [9.17, 15) is 33.4 Å². The number of H-pyrrole nitrogens is 1. The van der Waals surface area contributed by atoms with E-state index in [4.69, 9.17) is 36.9 Å². The first-order chi connectivity index (χ1) is 16.4. The molecule has 10 N–H and O–H groups in total. The van der Waals surface area contributed by atoms with E-state index >= 15 is 0 Å². The summed E-state index contributed by atoms with van der Waals surface area (Å²) in [6, 6.07) is 0. The molecule has 200 valence electrons. The number of anilines is 1. The highest BCUT2D eigenvalue weighted by atomic mass is 31.3. The van der Waals surface area contributed by atoms with Crippen LogP contribution in [-0.2, 0) is 31.6 Å². The Labute approximate surface area is 200 Å². The van der Waals surface area contributed by atoms with Gasteiger partial charge in [-0.2, -0.15) is 13.6 Å². The number of rotatable bonds is 9. The van der Waals surface area contributed by atoms with Gasteiger partial charge in [0.15, 0.2) is 17.4 Å². The van der Waals surface area contributed by atoms with E-state index in [2.05, 4.69) is 29.5 Å². The van der Waals surface area contributed by atoms with Crippen molar-refractivity contribution in [2.75, 3.05) is 12.3 Å². The van der Waals surface area contributed by atoms with Crippen molar-refractivity contribution in [3.8, 4) is 12.3 Å². The Morgan fingerprint density at radius 3 is 2.50 bits per heavy atom. The second kappa shape index (κ2) is 9.71. The van der Waals surface area contributed by atoms with Crippen molar-refractivity contribution in [1.82, 2.24) is 19.5 Å². The molecule has 2 aromatic heterocycles. The average Bonchev–Trinajstić information content (AvgIpc) is 3.23. The highest BCUT2D eigenvalue weighted by Gasteiger charge is 2.57. The quantitative estimate of drug-likeness (QED) is 0.122. The number of aliphatic hydroxyl groups is 1. The molecule has 1 aliphatic heterocycles. The number of ether oxygens (including phenoxy) is 1. The molecule has 0 bridgehead atoms. The molecule has 0 aromatic carbocycles. The molecule has 36 heavy (non-hydrogen) atoms. The summed E-state index contributed by atoms with van der Waals surface area (Å²) in [7, 11) is -16.9. The zero-order valence-corrected chi connectivity index (χ0v) is 20.7. The molecule has 0 aliphatic carbocycles. The molecule has 3 heterocycles. The number of nitrogens with zero attached hydrogens (tertiary/aromatic N) is 3. The van der Waals surface area contributed by atoms with Gasteiger partial charge in [0.25, 0.3) is 5.56 Å². The topological polar surface area (TPSA) is 305 Å². The number of aromatic nitrogens is 4. The summed E-state index contributed by atoms with van der Waals surface area (Å²) in [6.45, 7) is 0.368. The maximum absolute atomic E-state index is 12.2. The van der Waals surface area contributed by atoms with Gasteiger partial charge in [-0.1, -0.05) is 5.92 Å². The minimum Gasteiger partial charge on any atom is -0.396 e. The van der Waals surface area contributed by atoms with Gasteiger partial charge in [-0.05, 0) is 6.92 Å². The van der Waals surface area contributed by atoms with Crippen LogP contribution in [0.1, 0.15) is 13.2 Å². The Kier molecular flexibility index (Phi) is 7.70. The normalized spacial score (nSPS) is 28.9. The predicted molar refractivity (Wildman–Crippen MR) is 117 cm³/mol. The third kappa shape index (κ3) is 5.77. The van der Waals surface area contributed by atoms with E-state index in [1.807, 2.05) is 0 Å². The number of aromatic amines is 1. The van der Waals surface area contributed by atoms with Crippen LogP contribution in [-0.4, -0.2) is 68.6 Å². The lowest BCUT2D eigenvalue weighted by molar-refractivity contribution is -0.0656. The molecule has 22 heteroatoms. The van der Waals surface area contributed by atoms with Crippen molar-refractivity contribution >= 4 is 40.6 Å². The molecule has 3 rings (SSSR count). The first kappa shape index (κ1) is 28.6. The fourth-order valence-electron chi connectivity index (χ4n) is 3.66. The van der Waals surface area contributed by atoms with Crippen LogP contribution in [0.2, 0.25) is 0 Å². The fraction of sp³-hybridized carbons (Fsp3) is 0.500. The molecule has 7 atom stereocenters. The largest absolute Gasteiger partial charge is 0.490 e. The van der Waals surface area contributed by atoms with Crippen molar-refractivity contribution in [1.29, 1.82) is 0 Å². The maximum Gasteiger partial charge on any atom is 0.490 e. The highest BCUT2D eigenvalue weighted by molar-refractivity contribution is 7.66. The molecule has 0 spiro atoms. The Bertz CT molecular complexity index is 1400. The van der Waals surface area contributed by atoms with Gasteiger partial charge in [0, 0.05) is 5.92 Å². The van der Waals surface area contributed by atoms with E-state index in [-0.39, 0.29) is 17.1 Å². The second-order valence-electron chi connectivity index (χ2n) is 7.50. The standard InChI is InChI=1S/C14H21N6O13P3/c1-3-14(16)7(4-21)9(6(2)31-35(26,27)33-36(28,29)32-34(23,24)25)30-12(14)20-5-17-8-10(20)18-13(15)19-11(8)22/h1,5-7,9,12,21H,4,16H2,2H3,(H,26,27)(H,28,29)(H2,23,24,25)(H3,15,18,19,22)/t6-,7?,9+,12+,14?/m0/s1. The molecule has 1 fully saturated rings. The fourth-order valence-corrected chi connectivity index (χ4v) is 6.86. The van der Waals surface area contributed by atoms with Crippen LogP contribution in [0.5, 0.6) is 0 Å². The third-order valence-corrected chi connectivity index (χ3v) is 8.96. The number of nitrogens with two attached hydrogens (primary N) is 2. The molecule has 1 aliphatic rings. The molecule has 0 amide bonds. The molecular weight excluding hydrogens is 553 g/mol. The minimum atomic E-state index is -5.78. The number of hydrogen-bond donors (Lipinski definition) is 8. The first-order valence-electron chi connectivity index (χ1n) is 9.50. The lowest BCUT2D eigenvalue weighted by atomic mass is 9.82. The van der Waals surface area contributed by atoms with Gasteiger partial charge in [-0.25, -0.2) is 18.7 Å². The molecule has 0 saturated carbocycles. The number of nitrogens with one attached hydrogen (secondary N) is 1. The summed E-state index contributed by atoms with van der Waals surface area (Å²) in [5, 5.41) is 10.0. The van der Waals surface area contributed by atoms with Crippen molar-refractivity contribution < 1.29 is 56.3 Å². The number of nitrogen functional groups attached to an aromatic ring is 1. The van der Waals surface area contributed by atoms with E-state index in [1.54, 1.807) is 0 Å². The third-order valence-electron chi connectivity index (χ3n) is 5.03. The van der Waals surface area contributed by atoms with Crippen LogP contribution < -0.4 is 17.0 Å². The Morgan fingerprint density at radius 1 is 1.31 bits per heavy atom. The number of phosphoric acid groups is 3.